The first-order valence-electron chi connectivity index (χ1n) is 10.2. The summed E-state index contributed by atoms with van der Waals surface area (Å²) in [6.45, 7) is 6.89. The molecule has 0 unspecified atom stereocenters. The van der Waals surface area contributed by atoms with Crippen LogP contribution in [0.4, 0.5) is 0 Å². The Morgan fingerprint density at radius 1 is 0.964 bits per heavy atom. The van der Waals surface area contributed by atoms with Gasteiger partial charge < -0.3 is 9.16 Å². The monoisotopic (exact) mass is 394 g/mol. The standard InChI is InChI=1S/C24H30O3Si/c1-23(2,3)28(20-11-7-5-8-12-20,21-13-9-6-10-14-21)27-19-15-18-16-24(18,17-19)22(25)26-4/h5-14,18-19H,15-17H2,1-4H3/t18-,19-,24+/m0/s1. The minimum absolute atomic E-state index is 0.0408. The molecule has 0 radical (unpaired) electrons. The highest BCUT2D eigenvalue weighted by atomic mass is 28.4. The van der Waals surface area contributed by atoms with Crippen LogP contribution in [0.1, 0.15) is 40.0 Å². The number of ether oxygens (including phenoxy) is 1. The number of hydrogen-bond donors (Lipinski definition) is 0. The fraction of sp³-hybridized carbons (Fsp3) is 0.458. The van der Waals surface area contributed by atoms with E-state index in [1.165, 1.54) is 17.5 Å². The molecule has 0 aliphatic heterocycles. The zero-order valence-corrected chi connectivity index (χ0v) is 18.3. The third-order valence-electron chi connectivity index (χ3n) is 6.72. The molecule has 3 atom stereocenters. The number of methoxy groups -OCH3 is 1. The second-order valence-electron chi connectivity index (χ2n) is 9.39. The molecule has 0 spiro atoms. The van der Waals surface area contributed by atoms with Crippen LogP contribution >= 0.6 is 0 Å². The maximum absolute atomic E-state index is 12.4. The van der Waals surface area contributed by atoms with Crippen LogP contribution in [0.5, 0.6) is 0 Å². The van der Waals surface area contributed by atoms with Gasteiger partial charge in [-0.2, -0.15) is 0 Å². The van der Waals surface area contributed by atoms with Crippen molar-refractivity contribution in [3.8, 4) is 0 Å². The second-order valence-corrected chi connectivity index (χ2v) is 13.6. The lowest BCUT2D eigenvalue weighted by molar-refractivity contribution is -0.147. The SMILES string of the molecule is COC(=O)[C@]12C[C@@H](O[Si](c3ccccc3)(c3ccccc3)C(C)(C)C)C[C@H]1C2. The molecule has 148 valence electrons. The lowest BCUT2D eigenvalue weighted by atomic mass is 10.0. The molecule has 0 heterocycles. The van der Waals surface area contributed by atoms with Crippen molar-refractivity contribution in [1.82, 2.24) is 0 Å². The molecule has 28 heavy (non-hydrogen) atoms. The van der Waals surface area contributed by atoms with E-state index in [1.54, 1.807) is 0 Å². The van der Waals surface area contributed by atoms with Gasteiger partial charge in [0.15, 0.2) is 0 Å². The van der Waals surface area contributed by atoms with Crippen LogP contribution < -0.4 is 10.4 Å². The number of carbonyl (C=O) groups is 1. The second kappa shape index (κ2) is 6.85. The minimum Gasteiger partial charge on any atom is -0.469 e. The van der Waals surface area contributed by atoms with Gasteiger partial charge in [0.1, 0.15) is 0 Å². The number of hydrogen-bond acceptors (Lipinski definition) is 3. The van der Waals surface area contributed by atoms with E-state index in [1.807, 2.05) is 0 Å². The highest BCUT2D eigenvalue weighted by Gasteiger charge is 2.67. The minimum atomic E-state index is -2.55. The molecule has 0 amide bonds. The lowest BCUT2D eigenvalue weighted by Gasteiger charge is -2.45. The van der Waals surface area contributed by atoms with Gasteiger partial charge in [-0.05, 0) is 40.6 Å². The van der Waals surface area contributed by atoms with Gasteiger partial charge in [0, 0.05) is 6.10 Å². The molecule has 2 fully saturated rings. The van der Waals surface area contributed by atoms with Gasteiger partial charge in [-0.15, -0.1) is 0 Å². The quantitative estimate of drug-likeness (QED) is 0.570. The van der Waals surface area contributed by atoms with Gasteiger partial charge in [-0.1, -0.05) is 81.4 Å². The van der Waals surface area contributed by atoms with Crippen molar-refractivity contribution >= 4 is 24.7 Å². The topological polar surface area (TPSA) is 35.5 Å². The average Bonchev–Trinajstić information content (AvgIpc) is 3.27. The Morgan fingerprint density at radius 3 is 1.96 bits per heavy atom. The molecule has 4 heteroatoms. The molecule has 0 N–H and O–H groups in total. The van der Waals surface area contributed by atoms with Crippen LogP contribution in [0, 0.1) is 11.3 Å². The number of fused-ring (bicyclic) bond motifs is 1. The fourth-order valence-corrected chi connectivity index (χ4v) is 10.0. The van der Waals surface area contributed by atoms with Gasteiger partial charge in [0.05, 0.1) is 12.5 Å². The molecule has 0 bridgehead atoms. The number of benzene rings is 2. The summed E-state index contributed by atoms with van der Waals surface area (Å²) in [6, 6.07) is 21.4. The van der Waals surface area contributed by atoms with Crippen molar-refractivity contribution in [3.05, 3.63) is 60.7 Å². The normalized spacial score (nSPS) is 26.6. The van der Waals surface area contributed by atoms with E-state index in [4.69, 9.17) is 9.16 Å². The van der Waals surface area contributed by atoms with Crippen molar-refractivity contribution in [2.75, 3.05) is 7.11 Å². The Balaban J connectivity index is 1.76. The first-order chi connectivity index (χ1) is 13.3. The van der Waals surface area contributed by atoms with E-state index in [0.717, 1.165) is 19.3 Å². The number of esters is 1. The van der Waals surface area contributed by atoms with Crippen LogP contribution in [0.3, 0.4) is 0 Å². The summed E-state index contributed by atoms with van der Waals surface area (Å²) in [7, 11) is -1.05. The summed E-state index contributed by atoms with van der Waals surface area (Å²) >= 11 is 0. The lowest BCUT2D eigenvalue weighted by Crippen LogP contribution is -2.67. The molecule has 2 aliphatic carbocycles. The maximum atomic E-state index is 12.4. The van der Waals surface area contributed by atoms with E-state index in [0.29, 0.717) is 5.92 Å². The van der Waals surface area contributed by atoms with Crippen LogP contribution in [0.15, 0.2) is 60.7 Å². The first kappa shape index (κ1) is 19.4. The molecule has 0 aromatic heterocycles. The predicted molar refractivity (Wildman–Crippen MR) is 114 cm³/mol. The Morgan fingerprint density at radius 2 is 1.50 bits per heavy atom. The van der Waals surface area contributed by atoms with Crippen LogP contribution in [0.2, 0.25) is 5.04 Å². The summed E-state index contributed by atoms with van der Waals surface area (Å²) in [5, 5.41) is 2.55. The summed E-state index contributed by atoms with van der Waals surface area (Å²) in [4.78, 5) is 12.4. The molecule has 2 aromatic rings. The summed E-state index contributed by atoms with van der Waals surface area (Å²) in [6.07, 6.45) is 2.80. The van der Waals surface area contributed by atoms with Gasteiger partial charge in [-0.3, -0.25) is 4.79 Å². The summed E-state index contributed by atoms with van der Waals surface area (Å²) < 4.78 is 12.3. The highest BCUT2D eigenvalue weighted by molar-refractivity contribution is 6.99. The average molecular weight is 395 g/mol. The molecule has 2 saturated carbocycles. The van der Waals surface area contributed by atoms with Gasteiger partial charge in [0.25, 0.3) is 8.32 Å². The fourth-order valence-electron chi connectivity index (χ4n) is 5.31. The van der Waals surface area contributed by atoms with Crippen molar-refractivity contribution < 1.29 is 14.0 Å². The summed E-state index contributed by atoms with van der Waals surface area (Å²) in [5.41, 5.74) is -0.287. The van der Waals surface area contributed by atoms with Crippen molar-refractivity contribution in [3.63, 3.8) is 0 Å². The molecular weight excluding hydrogens is 364 g/mol. The Hall–Kier alpha value is -1.91. The zero-order chi connectivity index (χ0) is 20.0. The molecule has 2 aromatic carbocycles. The highest BCUT2D eigenvalue weighted by Crippen LogP contribution is 2.65. The zero-order valence-electron chi connectivity index (χ0n) is 17.3. The largest absolute Gasteiger partial charge is 0.469 e. The van der Waals surface area contributed by atoms with Gasteiger partial charge in [-0.25, -0.2) is 0 Å². The van der Waals surface area contributed by atoms with Crippen molar-refractivity contribution in [1.29, 1.82) is 0 Å². The van der Waals surface area contributed by atoms with Gasteiger partial charge in [0.2, 0.25) is 0 Å². The third-order valence-corrected chi connectivity index (χ3v) is 11.8. The van der Waals surface area contributed by atoms with E-state index in [-0.39, 0.29) is 22.5 Å². The first-order valence-corrected chi connectivity index (χ1v) is 12.1. The Bertz CT molecular complexity index is 804. The molecular formula is C24H30O3Si. The Labute approximate surface area is 169 Å². The molecule has 3 nitrogen and oxygen atoms in total. The third kappa shape index (κ3) is 2.94. The summed E-state index contributed by atoms with van der Waals surface area (Å²) in [5.74, 6) is 0.370. The van der Waals surface area contributed by atoms with Crippen LogP contribution in [-0.4, -0.2) is 27.5 Å². The van der Waals surface area contributed by atoms with Crippen molar-refractivity contribution in [2.45, 2.75) is 51.2 Å². The van der Waals surface area contributed by atoms with Gasteiger partial charge >= 0.3 is 5.97 Å². The number of carbonyl (C=O) groups excluding carboxylic acids is 1. The van der Waals surface area contributed by atoms with E-state index < -0.39 is 8.32 Å². The molecule has 4 rings (SSSR count). The van der Waals surface area contributed by atoms with E-state index in [2.05, 4.69) is 81.4 Å². The molecule has 0 saturated heterocycles. The van der Waals surface area contributed by atoms with E-state index >= 15 is 0 Å². The predicted octanol–water partition coefficient (Wildman–Crippen LogP) is 3.90. The van der Waals surface area contributed by atoms with Crippen LogP contribution in [0.25, 0.3) is 0 Å². The maximum Gasteiger partial charge on any atom is 0.312 e. The molecule has 2 aliphatic rings. The van der Waals surface area contributed by atoms with Crippen LogP contribution in [-0.2, 0) is 14.0 Å². The smallest absolute Gasteiger partial charge is 0.312 e. The Kier molecular flexibility index (Phi) is 4.75. The van der Waals surface area contributed by atoms with E-state index in [9.17, 15) is 4.79 Å². The van der Waals surface area contributed by atoms with Crippen molar-refractivity contribution in [2.24, 2.45) is 11.3 Å². The number of rotatable bonds is 5.